The first kappa shape index (κ1) is 26.6. The predicted molar refractivity (Wildman–Crippen MR) is 136 cm³/mol. The van der Waals surface area contributed by atoms with E-state index in [1.165, 1.54) is 40.8 Å². The number of piperidine rings is 1. The summed E-state index contributed by atoms with van der Waals surface area (Å²) in [5, 5.41) is -0.00356. The number of aryl methyl sites for hydroxylation is 1. The van der Waals surface area contributed by atoms with E-state index in [0.717, 1.165) is 18.7 Å². The second kappa shape index (κ2) is 9.77. The molecule has 12 heteroatoms. The van der Waals surface area contributed by atoms with Crippen LogP contribution in [0.25, 0.3) is 22.2 Å². The van der Waals surface area contributed by atoms with Crippen molar-refractivity contribution in [1.82, 2.24) is 14.3 Å². The molecule has 2 aliphatic rings. The number of Topliss-reactive ketones (excluding diaryl/α,β-unsaturated/α-hetero) is 1. The number of carbonyl (C=O) groups is 1. The van der Waals surface area contributed by atoms with Gasteiger partial charge in [-0.1, -0.05) is 0 Å². The molecule has 2 fully saturated rings. The highest BCUT2D eigenvalue weighted by atomic mass is 32.2. The second-order valence-corrected chi connectivity index (χ2v) is 12.0. The minimum atomic E-state index is -4.49. The molecule has 0 amide bonds. The van der Waals surface area contributed by atoms with Crippen LogP contribution in [0, 0.1) is 11.7 Å². The van der Waals surface area contributed by atoms with Crippen LogP contribution in [0.4, 0.5) is 17.6 Å². The fourth-order valence-electron chi connectivity index (χ4n) is 5.82. The zero-order chi connectivity index (χ0) is 28.2. The molecule has 1 aliphatic heterocycles. The van der Waals surface area contributed by atoms with E-state index in [-0.39, 0.29) is 41.3 Å². The highest BCUT2D eigenvalue weighted by Gasteiger charge is 2.54. The number of nitrogens with zero attached hydrogens (tertiary/aromatic N) is 3. The fraction of sp³-hybridized carbons (Fsp3) is 0.321. The number of alkyl halides is 3. The molecule has 2 bridgehead atoms. The predicted octanol–water partition coefficient (Wildman–Crippen LogP) is 5.79. The smallest absolute Gasteiger partial charge is 0.417 e. The van der Waals surface area contributed by atoms with Gasteiger partial charge in [-0.3, -0.25) is 14.8 Å². The van der Waals surface area contributed by atoms with Crippen molar-refractivity contribution in [2.45, 2.75) is 55.5 Å². The van der Waals surface area contributed by atoms with E-state index in [4.69, 9.17) is 4.42 Å². The summed E-state index contributed by atoms with van der Waals surface area (Å²) < 4.78 is 86.4. The van der Waals surface area contributed by atoms with Crippen LogP contribution in [-0.2, 0) is 27.4 Å². The van der Waals surface area contributed by atoms with Gasteiger partial charge >= 0.3 is 6.18 Å². The number of rotatable bonds is 7. The third-order valence-electron chi connectivity index (χ3n) is 7.67. The van der Waals surface area contributed by atoms with E-state index in [0.29, 0.717) is 35.2 Å². The lowest BCUT2D eigenvalue weighted by atomic mass is 9.93. The minimum Gasteiger partial charge on any atom is -0.443 e. The molecule has 0 radical (unpaired) electrons. The molecule has 4 aromatic rings. The van der Waals surface area contributed by atoms with Crippen LogP contribution in [0.2, 0.25) is 0 Å². The Kier molecular flexibility index (Phi) is 6.49. The van der Waals surface area contributed by atoms with Gasteiger partial charge in [0.2, 0.25) is 5.09 Å². The number of fused-ring (bicyclic) bond motifs is 3. The third kappa shape index (κ3) is 4.79. The van der Waals surface area contributed by atoms with Crippen LogP contribution in [0.1, 0.15) is 36.9 Å². The molecular formula is C28H23F4N3O4S. The summed E-state index contributed by atoms with van der Waals surface area (Å²) in [6, 6.07) is 9.37. The van der Waals surface area contributed by atoms with Gasteiger partial charge in [-0.2, -0.15) is 17.5 Å². The van der Waals surface area contributed by atoms with Gasteiger partial charge in [0.1, 0.15) is 11.4 Å². The number of pyridine rings is 2. The SMILES string of the molecule is O=C(CCc1cc(-c2ccc(C(F)(F)F)cn2)ccn1)[C@@H]1[C@H]2CC[C@H](C2)N1S(=O)(=O)c1cc2cc(F)ccc2o1. The Labute approximate surface area is 226 Å². The molecule has 1 aliphatic carbocycles. The van der Waals surface area contributed by atoms with Gasteiger partial charge < -0.3 is 4.42 Å². The van der Waals surface area contributed by atoms with Gasteiger partial charge in [0.15, 0.2) is 5.78 Å². The van der Waals surface area contributed by atoms with E-state index in [1.807, 2.05) is 0 Å². The normalized spacial score (nSPS) is 21.4. The Bertz CT molecular complexity index is 1700. The molecule has 0 spiro atoms. The Hall–Kier alpha value is -3.64. The van der Waals surface area contributed by atoms with Crippen LogP contribution in [0.15, 0.2) is 70.4 Å². The van der Waals surface area contributed by atoms with Crippen molar-refractivity contribution >= 4 is 26.8 Å². The van der Waals surface area contributed by atoms with Gasteiger partial charge in [-0.15, -0.1) is 0 Å². The number of aromatic nitrogens is 2. The molecule has 0 unspecified atom stereocenters. The van der Waals surface area contributed by atoms with Crippen LogP contribution >= 0.6 is 0 Å². The van der Waals surface area contributed by atoms with Crippen LogP contribution in [0.5, 0.6) is 0 Å². The van der Waals surface area contributed by atoms with E-state index < -0.39 is 33.6 Å². The quantitative estimate of drug-likeness (QED) is 0.260. The van der Waals surface area contributed by atoms with Gasteiger partial charge in [-0.25, -0.2) is 12.8 Å². The Morgan fingerprint density at radius 3 is 2.62 bits per heavy atom. The lowest BCUT2D eigenvalue weighted by molar-refractivity contribution is -0.137. The largest absolute Gasteiger partial charge is 0.443 e. The number of ketones is 1. The van der Waals surface area contributed by atoms with Crippen molar-refractivity contribution in [3.63, 3.8) is 0 Å². The summed E-state index contributed by atoms with van der Waals surface area (Å²) >= 11 is 0. The number of furan rings is 1. The maximum absolute atomic E-state index is 13.7. The third-order valence-corrected chi connectivity index (χ3v) is 9.46. The average molecular weight is 574 g/mol. The van der Waals surface area contributed by atoms with E-state index in [9.17, 15) is 30.8 Å². The molecule has 1 saturated heterocycles. The summed E-state index contributed by atoms with van der Waals surface area (Å²) in [6.45, 7) is 0. The lowest BCUT2D eigenvalue weighted by Crippen LogP contribution is -2.48. The number of carbonyl (C=O) groups excluding carboxylic acids is 1. The number of hydrogen-bond donors (Lipinski definition) is 0. The first-order chi connectivity index (χ1) is 19.0. The maximum Gasteiger partial charge on any atom is 0.417 e. The van der Waals surface area contributed by atoms with Gasteiger partial charge in [-0.05, 0) is 74.1 Å². The Morgan fingerprint density at radius 2 is 1.88 bits per heavy atom. The van der Waals surface area contributed by atoms with Crippen LogP contribution in [0.3, 0.4) is 0 Å². The Balaban J connectivity index is 1.20. The molecule has 0 N–H and O–H groups in total. The van der Waals surface area contributed by atoms with Gasteiger partial charge in [0.25, 0.3) is 10.0 Å². The molecule has 1 aromatic carbocycles. The Morgan fingerprint density at radius 1 is 1.05 bits per heavy atom. The number of hydrogen-bond acceptors (Lipinski definition) is 6. The highest BCUT2D eigenvalue weighted by Crippen LogP contribution is 2.46. The molecule has 4 heterocycles. The van der Waals surface area contributed by atoms with Crippen molar-refractivity contribution in [1.29, 1.82) is 0 Å². The number of benzene rings is 1. The molecule has 7 nitrogen and oxygen atoms in total. The fourth-order valence-corrected chi connectivity index (χ4v) is 7.67. The summed E-state index contributed by atoms with van der Waals surface area (Å²) in [5.41, 5.74) is 0.803. The zero-order valence-electron chi connectivity index (χ0n) is 20.9. The summed E-state index contributed by atoms with van der Waals surface area (Å²) in [7, 11) is -4.16. The maximum atomic E-state index is 13.7. The van der Waals surface area contributed by atoms with E-state index in [1.54, 1.807) is 12.1 Å². The monoisotopic (exact) mass is 573 g/mol. The van der Waals surface area contributed by atoms with E-state index in [2.05, 4.69) is 9.97 Å². The lowest BCUT2D eigenvalue weighted by Gasteiger charge is -2.32. The molecular weight excluding hydrogens is 550 g/mol. The molecule has 1 saturated carbocycles. The number of halogens is 4. The van der Waals surface area contributed by atoms with Gasteiger partial charge in [0, 0.05) is 47.6 Å². The molecule has 3 atom stereocenters. The molecule has 3 aromatic heterocycles. The number of sulfonamides is 1. The van der Waals surface area contributed by atoms with E-state index >= 15 is 0 Å². The van der Waals surface area contributed by atoms with Crippen LogP contribution in [-0.4, -0.2) is 40.6 Å². The standard InChI is InChI=1S/C28H23F4N3O4S/c29-20-3-8-25-18(11-20)14-26(39-25)40(37,38)35-22-5-1-17(13-22)27(35)24(36)7-4-21-12-16(9-10-33-21)23-6-2-19(15-34-23)28(30,31)32/h2-3,6,8-12,14-15,17,22,27H,1,4-5,7,13H2/t17-,22+,27-/m0/s1. The van der Waals surface area contributed by atoms with Gasteiger partial charge in [0.05, 0.1) is 17.3 Å². The summed E-state index contributed by atoms with van der Waals surface area (Å²) in [5.74, 6) is -0.861. The van der Waals surface area contributed by atoms with Crippen LogP contribution < -0.4 is 0 Å². The van der Waals surface area contributed by atoms with Crippen molar-refractivity contribution in [3.05, 3.63) is 78.0 Å². The molecule has 208 valence electrons. The second-order valence-electron chi connectivity index (χ2n) is 10.2. The molecule has 6 rings (SSSR count). The summed E-state index contributed by atoms with van der Waals surface area (Å²) in [4.78, 5) is 21.7. The first-order valence-corrected chi connectivity index (χ1v) is 14.2. The first-order valence-electron chi connectivity index (χ1n) is 12.7. The summed E-state index contributed by atoms with van der Waals surface area (Å²) in [6.07, 6.45) is -0.00946. The minimum absolute atomic E-state index is 0.0299. The van der Waals surface area contributed by atoms with Crippen molar-refractivity contribution in [2.75, 3.05) is 0 Å². The highest BCUT2D eigenvalue weighted by molar-refractivity contribution is 7.89. The average Bonchev–Trinajstić information content (AvgIpc) is 3.66. The molecule has 40 heavy (non-hydrogen) atoms. The van der Waals surface area contributed by atoms with Crippen molar-refractivity contribution in [2.24, 2.45) is 5.92 Å². The zero-order valence-corrected chi connectivity index (χ0v) is 21.8. The topological polar surface area (TPSA) is 93.4 Å². The van der Waals surface area contributed by atoms with Crippen molar-refractivity contribution in [3.8, 4) is 11.3 Å². The van der Waals surface area contributed by atoms with Crippen molar-refractivity contribution < 1.29 is 35.2 Å².